The molecule has 0 bridgehead atoms. The van der Waals surface area contributed by atoms with Crippen molar-refractivity contribution >= 4 is 16.9 Å². The molecule has 25 heavy (non-hydrogen) atoms. The lowest BCUT2D eigenvalue weighted by Gasteiger charge is -2.35. The molecule has 0 spiro atoms. The molecule has 8 heteroatoms. The second-order valence-electron chi connectivity index (χ2n) is 6.68. The molecule has 3 aromatic rings. The molecule has 130 valence electrons. The fraction of sp³-hybridized carbons (Fsp3) is 0.471. The van der Waals surface area contributed by atoms with E-state index in [1.54, 1.807) is 4.68 Å². The van der Waals surface area contributed by atoms with Crippen LogP contribution in [0.1, 0.15) is 50.9 Å². The normalized spacial score (nSPS) is 18.1. The van der Waals surface area contributed by atoms with E-state index in [1.165, 1.54) is 6.33 Å². The van der Waals surface area contributed by atoms with Gasteiger partial charge in [0.1, 0.15) is 17.7 Å². The summed E-state index contributed by atoms with van der Waals surface area (Å²) >= 11 is 0. The number of hydrogen-bond donors (Lipinski definition) is 2. The van der Waals surface area contributed by atoms with Crippen LogP contribution in [0.25, 0.3) is 11.0 Å². The van der Waals surface area contributed by atoms with Gasteiger partial charge in [0.2, 0.25) is 5.91 Å². The molecular weight excluding hydrogens is 318 g/mol. The van der Waals surface area contributed by atoms with Crippen molar-refractivity contribution in [3.05, 3.63) is 36.4 Å². The van der Waals surface area contributed by atoms with Gasteiger partial charge in [-0.05, 0) is 42.3 Å². The Morgan fingerprint density at radius 1 is 1.28 bits per heavy atom. The van der Waals surface area contributed by atoms with Gasteiger partial charge in [0, 0.05) is 0 Å². The van der Waals surface area contributed by atoms with E-state index in [9.17, 15) is 4.79 Å². The van der Waals surface area contributed by atoms with Crippen LogP contribution >= 0.6 is 0 Å². The Balaban J connectivity index is 1.58. The molecule has 8 nitrogen and oxygen atoms in total. The third-order valence-electron chi connectivity index (χ3n) is 5.06. The molecule has 2 heterocycles. The molecule has 2 aromatic heterocycles. The number of tetrazole rings is 1. The Morgan fingerprint density at radius 3 is 2.80 bits per heavy atom. The van der Waals surface area contributed by atoms with Crippen molar-refractivity contribution in [2.75, 3.05) is 0 Å². The van der Waals surface area contributed by atoms with Crippen molar-refractivity contribution in [1.82, 2.24) is 35.5 Å². The van der Waals surface area contributed by atoms with E-state index >= 15 is 0 Å². The number of aromatic nitrogens is 6. The van der Waals surface area contributed by atoms with E-state index in [-0.39, 0.29) is 11.9 Å². The highest BCUT2D eigenvalue weighted by molar-refractivity contribution is 5.85. The Bertz CT molecular complexity index is 831. The van der Waals surface area contributed by atoms with Gasteiger partial charge in [-0.2, -0.15) is 0 Å². The van der Waals surface area contributed by atoms with E-state index in [1.807, 2.05) is 31.2 Å². The van der Waals surface area contributed by atoms with Crippen molar-refractivity contribution in [2.24, 2.45) is 0 Å². The highest BCUT2D eigenvalue weighted by atomic mass is 16.2. The van der Waals surface area contributed by atoms with Crippen molar-refractivity contribution in [3.8, 4) is 0 Å². The lowest BCUT2D eigenvalue weighted by atomic mass is 9.81. The van der Waals surface area contributed by atoms with Crippen molar-refractivity contribution in [2.45, 2.75) is 50.6 Å². The minimum atomic E-state index is -0.706. The van der Waals surface area contributed by atoms with E-state index in [0.717, 1.165) is 49.0 Å². The molecule has 1 saturated carbocycles. The van der Waals surface area contributed by atoms with Crippen LogP contribution in [-0.2, 0) is 10.3 Å². The SMILES string of the molecule is C[C@H](NC(=O)C1(n2cnnn2)CCCCC1)c1nc2ccccc2[nH]1. The van der Waals surface area contributed by atoms with Crippen molar-refractivity contribution in [3.63, 3.8) is 0 Å². The van der Waals surface area contributed by atoms with Crippen LogP contribution in [0.4, 0.5) is 0 Å². The molecule has 1 aromatic carbocycles. The van der Waals surface area contributed by atoms with E-state index < -0.39 is 5.54 Å². The summed E-state index contributed by atoms with van der Waals surface area (Å²) in [6.07, 6.45) is 6.15. The maximum absolute atomic E-state index is 13.1. The van der Waals surface area contributed by atoms with E-state index in [4.69, 9.17) is 0 Å². The molecule has 1 aliphatic rings. The fourth-order valence-electron chi connectivity index (χ4n) is 3.63. The highest BCUT2D eigenvalue weighted by Gasteiger charge is 2.43. The van der Waals surface area contributed by atoms with Gasteiger partial charge in [0.15, 0.2) is 0 Å². The van der Waals surface area contributed by atoms with E-state index in [2.05, 4.69) is 30.8 Å². The average Bonchev–Trinajstić information content (AvgIpc) is 3.32. The molecule has 1 atom stereocenters. The Kier molecular flexibility index (Phi) is 3.95. The minimum Gasteiger partial charge on any atom is -0.344 e. The van der Waals surface area contributed by atoms with Gasteiger partial charge in [0.25, 0.3) is 0 Å². The van der Waals surface area contributed by atoms with Gasteiger partial charge in [-0.15, -0.1) is 5.10 Å². The molecule has 0 radical (unpaired) electrons. The zero-order chi connectivity index (χ0) is 17.3. The van der Waals surface area contributed by atoms with Crippen LogP contribution < -0.4 is 5.32 Å². The average molecular weight is 339 g/mol. The highest BCUT2D eigenvalue weighted by Crippen LogP contribution is 2.35. The monoisotopic (exact) mass is 339 g/mol. The number of benzene rings is 1. The van der Waals surface area contributed by atoms with Crippen LogP contribution in [0, 0.1) is 0 Å². The molecule has 0 aliphatic heterocycles. The van der Waals surface area contributed by atoms with Gasteiger partial charge in [-0.1, -0.05) is 31.4 Å². The van der Waals surface area contributed by atoms with Crippen LogP contribution in [-0.4, -0.2) is 36.1 Å². The number of carbonyl (C=O) groups excluding carboxylic acids is 1. The smallest absolute Gasteiger partial charge is 0.248 e. The molecule has 1 fully saturated rings. The first-order valence-corrected chi connectivity index (χ1v) is 8.68. The quantitative estimate of drug-likeness (QED) is 0.758. The Hall–Kier alpha value is -2.77. The topological polar surface area (TPSA) is 101 Å². The Morgan fingerprint density at radius 2 is 2.08 bits per heavy atom. The second kappa shape index (κ2) is 6.27. The first-order valence-electron chi connectivity index (χ1n) is 8.68. The summed E-state index contributed by atoms with van der Waals surface area (Å²) in [6, 6.07) is 7.61. The third-order valence-corrected chi connectivity index (χ3v) is 5.06. The van der Waals surface area contributed by atoms with Gasteiger partial charge in [-0.25, -0.2) is 9.67 Å². The number of hydrogen-bond acceptors (Lipinski definition) is 5. The standard InChI is InChI=1S/C17H21N7O/c1-12(15-20-13-7-3-4-8-14(13)21-15)19-16(25)17(9-5-2-6-10-17)24-11-18-22-23-24/h3-4,7-8,11-12H,2,5-6,9-10H2,1H3,(H,19,25)(H,20,21)/t12-/m0/s1. The molecule has 0 unspecified atom stereocenters. The number of fused-ring (bicyclic) bond motifs is 1. The van der Waals surface area contributed by atoms with Crippen LogP contribution in [0.15, 0.2) is 30.6 Å². The van der Waals surface area contributed by atoms with Gasteiger partial charge < -0.3 is 10.3 Å². The summed E-state index contributed by atoms with van der Waals surface area (Å²) in [5.41, 5.74) is 1.15. The number of para-hydroxylation sites is 2. The van der Waals surface area contributed by atoms with Crippen molar-refractivity contribution < 1.29 is 4.79 Å². The second-order valence-corrected chi connectivity index (χ2v) is 6.68. The summed E-state index contributed by atoms with van der Waals surface area (Å²) in [7, 11) is 0. The summed E-state index contributed by atoms with van der Waals surface area (Å²) in [5.74, 6) is 0.699. The van der Waals surface area contributed by atoms with Gasteiger partial charge in [0.05, 0.1) is 17.1 Å². The molecule has 1 amide bonds. The van der Waals surface area contributed by atoms with Gasteiger partial charge in [-0.3, -0.25) is 4.79 Å². The summed E-state index contributed by atoms with van der Waals surface area (Å²) in [4.78, 5) is 21.0. The predicted molar refractivity (Wildman–Crippen MR) is 91.5 cm³/mol. The zero-order valence-corrected chi connectivity index (χ0v) is 14.1. The summed E-state index contributed by atoms with van der Waals surface area (Å²) < 4.78 is 1.62. The molecule has 0 saturated heterocycles. The van der Waals surface area contributed by atoms with Crippen molar-refractivity contribution in [1.29, 1.82) is 0 Å². The first kappa shape index (κ1) is 15.7. The van der Waals surface area contributed by atoms with Crippen LogP contribution in [0.5, 0.6) is 0 Å². The fourth-order valence-corrected chi connectivity index (χ4v) is 3.63. The Labute approximate surface area is 145 Å². The number of nitrogens with zero attached hydrogens (tertiary/aromatic N) is 5. The lowest BCUT2D eigenvalue weighted by Crippen LogP contribution is -2.51. The number of rotatable bonds is 4. The molecular formula is C17H21N7O. The molecule has 4 rings (SSSR count). The molecule has 2 N–H and O–H groups in total. The molecule has 1 aliphatic carbocycles. The van der Waals surface area contributed by atoms with Crippen LogP contribution in [0.3, 0.4) is 0 Å². The summed E-state index contributed by atoms with van der Waals surface area (Å²) in [5, 5.41) is 14.6. The maximum Gasteiger partial charge on any atom is 0.248 e. The maximum atomic E-state index is 13.1. The van der Waals surface area contributed by atoms with Crippen LogP contribution in [0.2, 0.25) is 0 Å². The zero-order valence-electron chi connectivity index (χ0n) is 14.1. The lowest BCUT2D eigenvalue weighted by molar-refractivity contribution is -0.133. The predicted octanol–water partition coefficient (Wildman–Crippen LogP) is 2.09. The first-order chi connectivity index (χ1) is 12.2. The number of nitrogens with one attached hydrogen (secondary N) is 2. The summed E-state index contributed by atoms with van der Waals surface area (Å²) in [6.45, 7) is 1.94. The number of amides is 1. The van der Waals surface area contributed by atoms with Gasteiger partial charge >= 0.3 is 0 Å². The third kappa shape index (κ3) is 2.77. The number of aromatic amines is 1. The number of H-pyrrole nitrogens is 1. The number of carbonyl (C=O) groups is 1. The largest absolute Gasteiger partial charge is 0.344 e. The van der Waals surface area contributed by atoms with E-state index in [0.29, 0.717) is 0 Å². The number of imidazole rings is 1. The minimum absolute atomic E-state index is 0.0487.